The van der Waals surface area contributed by atoms with Gasteiger partial charge in [-0.1, -0.05) is 29.8 Å². The summed E-state index contributed by atoms with van der Waals surface area (Å²) in [5.41, 5.74) is 8.09. The average molecular weight is 287 g/mol. The van der Waals surface area contributed by atoms with Crippen molar-refractivity contribution in [3.63, 3.8) is 0 Å². The molecule has 4 nitrogen and oxygen atoms in total. The Morgan fingerprint density at radius 3 is 2.71 bits per heavy atom. The summed E-state index contributed by atoms with van der Waals surface area (Å²) in [6.45, 7) is 5.10. The molecule has 2 fully saturated rings. The molecule has 21 heavy (non-hydrogen) atoms. The van der Waals surface area contributed by atoms with Crippen LogP contribution in [0.1, 0.15) is 36.4 Å². The maximum atomic E-state index is 12.2. The van der Waals surface area contributed by atoms with E-state index >= 15 is 0 Å². The van der Waals surface area contributed by atoms with Gasteiger partial charge in [-0.2, -0.15) is 0 Å². The summed E-state index contributed by atoms with van der Waals surface area (Å²) >= 11 is 0. The van der Waals surface area contributed by atoms with Crippen molar-refractivity contribution >= 4 is 5.91 Å². The van der Waals surface area contributed by atoms with Crippen LogP contribution in [-0.4, -0.2) is 36.5 Å². The van der Waals surface area contributed by atoms with E-state index in [1.807, 2.05) is 31.2 Å². The molecular formula is C17H25N3O. The predicted octanol–water partition coefficient (Wildman–Crippen LogP) is 1.60. The number of nitrogens with two attached hydrogens (primary N) is 1. The van der Waals surface area contributed by atoms with Crippen LogP contribution in [0.5, 0.6) is 0 Å². The van der Waals surface area contributed by atoms with Crippen molar-refractivity contribution in [3.8, 4) is 0 Å². The standard InChI is InChI=1S/C17H25N3O/c1-12-2-4-14(5-3-12)16(18)17(21)19-10-13-8-9-20(11-13)15-6-7-15/h2-5,13,15-16H,6-11,18H2,1H3,(H,19,21). The van der Waals surface area contributed by atoms with Crippen LogP contribution in [0.4, 0.5) is 0 Å². The van der Waals surface area contributed by atoms with E-state index in [0.717, 1.165) is 24.7 Å². The summed E-state index contributed by atoms with van der Waals surface area (Å²) in [7, 11) is 0. The minimum absolute atomic E-state index is 0.0660. The van der Waals surface area contributed by atoms with E-state index in [9.17, 15) is 4.79 Å². The molecule has 1 aromatic carbocycles. The molecule has 1 aliphatic heterocycles. The van der Waals surface area contributed by atoms with Crippen molar-refractivity contribution in [3.05, 3.63) is 35.4 Å². The van der Waals surface area contributed by atoms with Crippen LogP contribution in [-0.2, 0) is 4.79 Å². The highest BCUT2D eigenvalue weighted by atomic mass is 16.2. The SMILES string of the molecule is Cc1ccc(C(N)C(=O)NCC2CCN(C3CC3)C2)cc1. The molecule has 3 N–H and O–H groups in total. The van der Waals surface area contributed by atoms with Gasteiger partial charge < -0.3 is 16.0 Å². The Hall–Kier alpha value is -1.39. The zero-order valence-corrected chi connectivity index (χ0v) is 12.7. The Bertz CT molecular complexity index is 495. The highest BCUT2D eigenvalue weighted by molar-refractivity contribution is 5.82. The lowest BCUT2D eigenvalue weighted by molar-refractivity contribution is -0.122. The Morgan fingerprint density at radius 1 is 1.33 bits per heavy atom. The van der Waals surface area contributed by atoms with Gasteiger partial charge in [0.25, 0.3) is 0 Å². The Morgan fingerprint density at radius 2 is 2.05 bits per heavy atom. The molecule has 2 atom stereocenters. The number of carbonyl (C=O) groups excluding carboxylic acids is 1. The van der Waals surface area contributed by atoms with Crippen molar-refractivity contribution in [2.75, 3.05) is 19.6 Å². The first kappa shape index (κ1) is 14.5. The van der Waals surface area contributed by atoms with Crippen molar-refractivity contribution in [2.24, 2.45) is 11.7 Å². The molecule has 2 aliphatic rings. The molecule has 1 saturated heterocycles. The summed E-state index contributed by atoms with van der Waals surface area (Å²) in [5, 5.41) is 3.03. The zero-order chi connectivity index (χ0) is 14.8. The minimum atomic E-state index is -0.563. The molecule has 114 valence electrons. The number of hydrogen-bond acceptors (Lipinski definition) is 3. The highest BCUT2D eigenvalue weighted by Crippen LogP contribution is 2.31. The lowest BCUT2D eigenvalue weighted by Crippen LogP contribution is -2.37. The Kier molecular flexibility index (Phi) is 4.27. The van der Waals surface area contributed by atoms with Gasteiger partial charge in [0.2, 0.25) is 5.91 Å². The number of benzene rings is 1. The zero-order valence-electron chi connectivity index (χ0n) is 12.7. The summed E-state index contributed by atoms with van der Waals surface area (Å²) in [4.78, 5) is 14.7. The molecule has 0 radical (unpaired) electrons. The van der Waals surface area contributed by atoms with E-state index in [4.69, 9.17) is 5.73 Å². The molecule has 1 aliphatic carbocycles. The van der Waals surface area contributed by atoms with Crippen LogP contribution in [0, 0.1) is 12.8 Å². The maximum Gasteiger partial charge on any atom is 0.241 e. The number of likely N-dealkylation sites (tertiary alicyclic amines) is 1. The van der Waals surface area contributed by atoms with E-state index in [1.54, 1.807) is 0 Å². The predicted molar refractivity (Wildman–Crippen MR) is 83.8 cm³/mol. The molecule has 2 unspecified atom stereocenters. The quantitative estimate of drug-likeness (QED) is 0.865. The first-order valence-corrected chi connectivity index (χ1v) is 7.97. The number of nitrogens with one attached hydrogen (secondary N) is 1. The topological polar surface area (TPSA) is 58.4 Å². The second-order valence-electron chi connectivity index (χ2n) is 6.51. The second-order valence-corrected chi connectivity index (χ2v) is 6.51. The highest BCUT2D eigenvalue weighted by Gasteiger charge is 2.34. The fourth-order valence-corrected chi connectivity index (χ4v) is 3.08. The lowest BCUT2D eigenvalue weighted by Gasteiger charge is -2.17. The van der Waals surface area contributed by atoms with Crippen LogP contribution >= 0.6 is 0 Å². The summed E-state index contributed by atoms with van der Waals surface area (Å²) in [6, 6.07) is 8.13. The molecule has 1 heterocycles. The second kappa shape index (κ2) is 6.16. The van der Waals surface area contributed by atoms with Gasteiger partial charge in [0.1, 0.15) is 6.04 Å². The molecule has 4 heteroatoms. The monoisotopic (exact) mass is 287 g/mol. The van der Waals surface area contributed by atoms with Gasteiger partial charge in [-0.3, -0.25) is 4.79 Å². The van der Waals surface area contributed by atoms with E-state index in [0.29, 0.717) is 5.92 Å². The molecule has 3 rings (SSSR count). The van der Waals surface area contributed by atoms with Crippen molar-refractivity contribution in [1.82, 2.24) is 10.2 Å². The van der Waals surface area contributed by atoms with Crippen molar-refractivity contribution < 1.29 is 4.79 Å². The Labute approximate surface area is 126 Å². The average Bonchev–Trinajstić information content (AvgIpc) is 3.24. The van der Waals surface area contributed by atoms with E-state index in [1.165, 1.54) is 31.4 Å². The van der Waals surface area contributed by atoms with Gasteiger partial charge >= 0.3 is 0 Å². The van der Waals surface area contributed by atoms with Crippen LogP contribution < -0.4 is 11.1 Å². The summed E-state index contributed by atoms with van der Waals surface area (Å²) < 4.78 is 0. The number of amides is 1. The third kappa shape index (κ3) is 3.63. The fraction of sp³-hybridized carbons (Fsp3) is 0.588. The van der Waals surface area contributed by atoms with Gasteiger partial charge in [0.15, 0.2) is 0 Å². The molecule has 0 spiro atoms. The lowest BCUT2D eigenvalue weighted by atomic mass is 10.0. The van der Waals surface area contributed by atoms with Crippen LogP contribution in [0.2, 0.25) is 0 Å². The van der Waals surface area contributed by atoms with E-state index in [-0.39, 0.29) is 5.91 Å². The van der Waals surface area contributed by atoms with Gasteiger partial charge in [-0.15, -0.1) is 0 Å². The third-order valence-corrected chi connectivity index (χ3v) is 4.66. The third-order valence-electron chi connectivity index (χ3n) is 4.66. The first-order chi connectivity index (χ1) is 10.1. The van der Waals surface area contributed by atoms with E-state index in [2.05, 4.69) is 10.2 Å². The summed E-state index contributed by atoms with van der Waals surface area (Å²) in [5.74, 6) is 0.517. The Balaban J connectivity index is 1.46. The van der Waals surface area contributed by atoms with Gasteiger partial charge in [0.05, 0.1) is 0 Å². The van der Waals surface area contributed by atoms with E-state index < -0.39 is 6.04 Å². The fourth-order valence-electron chi connectivity index (χ4n) is 3.08. The van der Waals surface area contributed by atoms with Crippen LogP contribution in [0.15, 0.2) is 24.3 Å². The molecule has 0 bridgehead atoms. The summed E-state index contributed by atoms with van der Waals surface area (Å²) in [6.07, 6.45) is 3.91. The number of aryl methyl sites for hydroxylation is 1. The van der Waals surface area contributed by atoms with Crippen molar-refractivity contribution in [1.29, 1.82) is 0 Å². The molecule has 1 aromatic rings. The molecular weight excluding hydrogens is 262 g/mol. The largest absolute Gasteiger partial charge is 0.354 e. The number of hydrogen-bond donors (Lipinski definition) is 2. The normalized spacial score (nSPS) is 24.0. The smallest absolute Gasteiger partial charge is 0.241 e. The maximum absolute atomic E-state index is 12.2. The van der Waals surface area contributed by atoms with Gasteiger partial charge in [-0.05, 0) is 44.2 Å². The number of nitrogens with zero attached hydrogens (tertiary/aromatic N) is 1. The van der Waals surface area contributed by atoms with Crippen molar-refractivity contribution in [2.45, 2.75) is 38.3 Å². The first-order valence-electron chi connectivity index (χ1n) is 7.97. The van der Waals surface area contributed by atoms with Crippen LogP contribution in [0.25, 0.3) is 0 Å². The van der Waals surface area contributed by atoms with Crippen LogP contribution in [0.3, 0.4) is 0 Å². The van der Waals surface area contributed by atoms with Gasteiger partial charge in [0, 0.05) is 19.1 Å². The number of carbonyl (C=O) groups is 1. The van der Waals surface area contributed by atoms with Gasteiger partial charge in [-0.25, -0.2) is 0 Å². The minimum Gasteiger partial charge on any atom is -0.354 e. The molecule has 0 aromatic heterocycles. The number of rotatable bonds is 5. The molecule has 1 amide bonds. The molecule has 1 saturated carbocycles.